The molecule has 1 aromatic carbocycles. The minimum atomic E-state index is -3.52. The molecule has 2 aromatic rings. The van der Waals surface area contributed by atoms with E-state index < -0.39 is 10.0 Å². The number of hydrogen-bond donors (Lipinski definition) is 1. The summed E-state index contributed by atoms with van der Waals surface area (Å²) in [6.45, 7) is 1.36. The normalized spacial score (nSPS) is 12.7. The van der Waals surface area contributed by atoms with Crippen LogP contribution in [0.3, 0.4) is 0 Å². The van der Waals surface area contributed by atoms with Crippen LogP contribution >= 0.6 is 11.3 Å². The van der Waals surface area contributed by atoms with Crippen LogP contribution < -0.4 is 5.73 Å². The van der Waals surface area contributed by atoms with Gasteiger partial charge in [-0.2, -0.15) is 4.31 Å². The van der Waals surface area contributed by atoms with Crippen molar-refractivity contribution in [1.29, 1.82) is 0 Å². The summed E-state index contributed by atoms with van der Waals surface area (Å²) >= 11 is 1.45. The fraction of sp³-hybridized carbons (Fsp3) is 0.429. The second-order valence-electron chi connectivity index (χ2n) is 5.18. The molecule has 0 fully saturated rings. The minimum absolute atomic E-state index is 0.232. The number of benzene rings is 1. The largest absolute Gasteiger partial charge is 0.326 e. The maximum atomic E-state index is 12.9. The van der Waals surface area contributed by atoms with Crippen LogP contribution in [0.2, 0.25) is 0 Å². The maximum Gasteiger partial charge on any atom is 0.244 e. The molecule has 0 saturated heterocycles. The van der Waals surface area contributed by atoms with Crippen molar-refractivity contribution in [3.05, 3.63) is 29.1 Å². The Morgan fingerprint density at radius 1 is 1.14 bits per heavy atom. The molecule has 21 heavy (non-hydrogen) atoms. The van der Waals surface area contributed by atoms with E-state index in [1.165, 1.54) is 15.6 Å². The fourth-order valence-electron chi connectivity index (χ4n) is 2.11. The molecule has 5 nitrogen and oxygen atoms in total. The molecular formula is C14H21N3O2S2. The van der Waals surface area contributed by atoms with E-state index >= 15 is 0 Å². The molecule has 0 atom stereocenters. The predicted octanol–water partition coefficient (Wildman–Crippen LogP) is 1.54. The first-order valence-electron chi connectivity index (χ1n) is 6.69. The van der Waals surface area contributed by atoms with E-state index in [9.17, 15) is 8.42 Å². The van der Waals surface area contributed by atoms with Gasteiger partial charge >= 0.3 is 0 Å². The van der Waals surface area contributed by atoms with Gasteiger partial charge < -0.3 is 10.6 Å². The van der Waals surface area contributed by atoms with Gasteiger partial charge in [0.05, 0.1) is 0 Å². The summed E-state index contributed by atoms with van der Waals surface area (Å²) in [4.78, 5) is 3.04. The Hall–Kier alpha value is -0.990. The van der Waals surface area contributed by atoms with Crippen molar-refractivity contribution in [2.75, 3.05) is 34.2 Å². The highest BCUT2D eigenvalue weighted by Gasteiger charge is 2.27. The van der Waals surface area contributed by atoms with Gasteiger partial charge in [-0.25, -0.2) is 8.42 Å². The zero-order valence-electron chi connectivity index (χ0n) is 12.5. The Kier molecular flexibility index (Phi) is 5.00. The zero-order valence-corrected chi connectivity index (χ0v) is 14.2. The van der Waals surface area contributed by atoms with Gasteiger partial charge in [-0.05, 0) is 20.2 Å². The standard InChI is InChI=1S/C14H21N3O2S2/c1-16(2)8-9-17(3)21(18,19)14-11-6-4-5-7-12(11)20-13(14)10-15/h4-7H,8-10,15H2,1-3H3. The van der Waals surface area contributed by atoms with Crippen molar-refractivity contribution < 1.29 is 8.42 Å². The predicted molar refractivity (Wildman–Crippen MR) is 88.1 cm³/mol. The van der Waals surface area contributed by atoms with Gasteiger partial charge in [0.15, 0.2) is 0 Å². The molecule has 7 heteroatoms. The molecule has 0 radical (unpaired) electrons. The second kappa shape index (κ2) is 6.41. The average Bonchev–Trinajstić information content (AvgIpc) is 2.83. The zero-order chi connectivity index (χ0) is 15.6. The summed E-state index contributed by atoms with van der Waals surface area (Å²) in [6.07, 6.45) is 0. The van der Waals surface area contributed by atoms with E-state index in [2.05, 4.69) is 0 Å². The van der Waals surface area contributed by atoms with Crippen LogP contribution in [0.5, 0.6) is 0 Å². The number of nitrogens with zero attached hydrogens (tertiary/aromatic N) is 2. The molecule has 0 aliphatic rings. The maximum absolute atomic E-state index is 12.9. The molecule has 2 rings (SSSR count). The number of fused-ring (bicyclic) bond motifs is 1. The van der Waals surface area contributed by atoms with Crippen molar-refractivity contribution in [2.45, 2.75) is 11.4 Å². The third-order valence-corrected chi connectivity index (χ3v) is 6.64. The molecular weight excluding hydrogens is 306 g/mol. The van der Waals surface area contributed by atoms with Gasteiger partial charge in [0.1, 0.15) is 4.90 Å². The molecule has 116 valence electrons. The van der Waals surface area contributed by atoms with Crippen LogP contribution in [0.25, 0.3) is 10.1 Å². The van der Waals surface area contributed by atoms with Crippen molar-refractivity contribution >= 4 is 31.4 Å². The lowest BCUT2D eigenvalue weighted by atomic mass is 10.2. The van der Waals surface area contributed by atoms with Crippen molar-refractivity contribution in [1.82, 2.24) is 9.21 Å². The Morgan fingerprint density at radius 2 is 1.81 bits per heavy atom. The Morgan fingerprint density at radius 3 is 2.43 bits per heavy atom. The molecule has 0 aliphatic heterocycles. The van der Waals surface area contributed by atoms with Crippen LogP contribution in [-0.4, -0.2) is 51.9 Å². The number of sulfonamides is 1. The topological polar surface area (TPSA) is 66.6 Å². The first-order chi connectivity index (χ1) is 9.87. The monoisotopic (exact) mass is 327 g/mol. The summed E-state index contributed by atoms with van der Waals surface area (Å²) in [7, 11) is 1.94. The highest BCUT2D eigenvalue weighted by atomic mass is 32.2. The fourth-order valence-corrected chi connectivity index (χ4v) is 5.05. The molecule has 0 bridgehead atoms. The van der Waals surface area contributed by atoms with Gasteiger partial charge in [0, 0.05) is 41.6 Å². The van der Waals surface area contributed by atoms with Gasteiger partial charge in [0.2, 0.25) is 10.0 Å². The van der Waals surface area contributed by atoms with Crippen molar-refractivity contribution in [3.8, 4) is 0 Å². The Balaban J connectivity index is 2.48. The summed E-state index contributed by atoms with van der Waals surface area (Å²) in [5.74, 6) is 0. The van der Waals surface area contributed by atoms with E-state index in [4.69, 9.17) is 5.73 Å². The number of hydrogen-bond acceptors (Lipinski definition) is 5. The highest BCUT2D eigenvalue weighted by Crippen LogP contribution is 2.35. The first-order valence-corrected chi connectivity index (χ1v) is 8.95. The molecule has 0 unspecified atom stereocenters. The van der Waals surface area contributed by atoms with E-state index in [-0.39, 0.29) is 6.54 Å². The Bertz CT molecular complexity index is 723. The number of likely N-dealkylation sites (N-methyl/N-ethyl adjacent to an activating group) is 2. The molecule has 0 amide bonds. The van der Waals surface area contributed by atoms with Crippen molar-refractivity contribution in [2.24, 2.45) is 5.73 Å². The number of nitrogens with two attached hydrogens (primary N) is 1. The quantitative estimate of drug-likeness (QED) is 0.874. The van der Waals surface area contributed by atoms with Crippen molar-refractivity contribution in [3.63, 3.8) is 0 Å². The van der Waals surface area contributed by atoms with E-state index in [0.29, 0.717) is 22.9 Å². The van der Waals surface area contributed by atoms with E-state index in [1.807, 2.05) is 43.3 Å². The first kappa shape index (κ1) is 16.4. The second-order valence-corrected chi connectivity index (χ2v) is 8.30. The summed E-state index contributed by atoms with van der Waals surface area (Å²) in [6, 6.07) is 7.54. The van der Waals surface area contributed by atoms with Gasteiger partial charge in [-0.1, -0.05) is 18.2 Å². The van der Waals surface area contributed by atoms with Crippen LogP contribution in [0.4, 0.5) is 0 Å². The van der Waals surface area contributed by atoms with Crippen LogP contribution in [-0.2, 0) is 16.6 Å². The summed E-state index contributed by atoms with van der Waals surface area (Å²) in [5.41, 5.74) is 5.75. The van der Waals surface area contributed by atoms with Gasteiger partial charge in [0.25, 0.3) is 0 Å². The summed E-state index contributed by atoms with van der Waals surface area (Å²) < 4.78 is 28.1. The molecule has 0 spiro atoms. The molecule has 0 aliphatic carbocycles. The third kappa shape index (κ3) is 3.27. The van der Waals surface area contributed by atoms with Crippen LogP contribution in [0, 0.1) is 0 Å². The van der Waals surface area contributed by atoms with Crippen LogP contribution in [0.1, 0.15) is 4.88 Å². The smallest absolute Gasteiger partial charge is 0.244 e. The lowest BCUT2D eigenvalue weighted by Crippen LogP contribution is -2.33. The molecule has 0 saturated carbocycles. The molecule has 1 heterocycles. The SMILES string of the molecule is CN(C)CCN(C)S(=O)(=O)c1c(CN)sc2ccccc12. The number of rotatable bonds is 6. The third-order valence-electron chi connectivity index (χ3n) is 3.33. The lowest BCUT2D eigenvalue weighted by molar-refractivity contribution is 0.358. The van der Waals surface area contributed by atoms with Gasteiger partial charge in [-0.3, -0.25) is 0 Å². The van der Waals surface area contributed by atoms with E-state index in [0.717, 1.165) is 10.1 Å². The average molecular weight is 327 g/mol. The Labute approximate surface area is 130 Å². The minimum Gasteiger partial charge on any atom is -0.326 e. The number of thiophene rings is 1. The lowest BCUT2D eigenvalue weighted by Gasteiger charge is -2.20. The molecule has 1 aromatic heterocycles. The van der Waals surface area contributed by atoms with Gasteiger partial charge in [-0.15, -0.1) is 11.3 Å². The summed E-state index contributed by atoms with van der Waals surface area (Å²) in [5, 5.41) is 0.764. The molecule has 2 N–H and O–H groups in total. The van der Waals surface area contributed by atoms with Crippen LogP contribution in [0.15, 0.2) is 29.2 Å². The van der Waals surface area contributed by atoms with E-state index in [1.54, 1.807) is 7.05 Å². The highest BCUT2D eigenvalue weighted by molar-refractivity contribution is 7.89.